The van der Waals surface area contributed by atoms with Crippen molar-refractivity contribution in [2.24, 2.45) is 0 Å². The normalized spacial score (nSPS) is 9.91. The van der Waals surface area contributed by atoms with Gasteiger partial charge in [-0.2, -0.15) is 0 Å². The number of fused-ring (bicyclic) bond motifs is 4. The van der Waals surface area contributed by atoms with E-state index in [1.165, 1.54) is 0 Å². The van der Waals surface area contributed by atoms with Crippen molar-refractivity contribution in [2.45, 2.75) is 0 Å². The molecule has 0 aliphatic carbocycles. The van der Waals surface area contributed by atoms with Crippen LogP contribution < -0.4 is 0 Å². The molecule has 8 aromatic carbocycles. The summed E-state index contributed by atoms with van der Waals surface area (Å²) in [6, 6.07) is 51.0. The summed E-state index contributed by atoms with van der Waals surface area (Å²) in [5, 5.41) is 64.0. The zero-order chi connectivity index (χ0) is 40.6. The summed E-state index contributed by atoms with van der Waals surface area (Å²) in [4.78, 5) is 43.3. The molecule has 0 spiro atoms. The molecule has 56 heavy (non-hydrogen) atoms. The highest BCUT2D eigenvalue weighted by Gasteiger charge is 2.08. The van der Waals surface area contributed by atoms with E-state index in [2.05, 4.69) is 0 Å². The van der Waals surface area contributed by atoms with Crippen LogP contribution in [0, 0.1) is 0 Å². The van der Waals surface area contributed by atoms with E-state index in [1.807, 2.05) is 121 Å². The largest absolute Gasteiger partial charge is 0.631 e. The van der Waals surface area contributed by atoms with Crippen molar-refractivity contribution in [1.82, 2.24) is 0 Å². The standard InChI is InChI=1S/4C11H8O2.BH3O3/c4*12-11(13)10-7-3-5-8-4-1-2-6-9(8)10;2-1(3)4/h4*1-7H,(H,12,13);2-4H. The van der Waals surface area contributed by atoms with Crippen LogP contribution in [0.15, 0.2) is 170 Å². The molecule has 0 atom stereocenters. The highest BCUT2D eigenvalue weighted by Crippen LogP contribution is 2.21. The van der Waals surface area contributed by atoms with E-state index in [9.17, 15) is 19.2 Å². The van der Waals surface area contributed by atoms with E-state index < -0.39 is 31.2 Å². The predicted octanol–water partition coefficient (Wildman–Crippen LogP) is 8.10. The summed E-state index contributed by atoms with van der Waals surface area (Å²) in [6.07, 6.45) is 0. The number of carboxylic acids is 4. The van der Waals surface area contributed by atoms with E-state index >= 15 is 0 Å². The van der Waals surface area contributed by atoms with E-state index in [4.69, 9.17) is 35.5 Å². The van der Waals surface area contributed by atoms with Crippen LogP contribution in [0.4, 0.5) is 0 Å². The first-order valence-electron chi connectivity index (χ1n) is 16.8. The van der Waals surface area contributed by atoms with Crippen molar-refractivity contribution < 1.29 is 54.7 Å². The van der Waals surface area contributed by atoms with E-state index in [0.29, 0.717) is 22.3 Å². The Bertz CT molecular complexity index is 2240. The molecule has 0 radical (unpaired) electrons. The Labute approximate surface area is 320 Å². The van der Waals surface area contributed by atoms with E-state index in [-0.39, 0.29) is 0 Å². The maximum atomic E-state index is 10.8. The summed E-state index contributed by atoms with van der Waals surface area (Å²) >= 11 is 0. The fraction of sp³-hybridized carbons (Fsp3) is 0. The van der Waals surface area contributed by atoms with Crippen LogP contribution in [0.25, 0.3) is 43.1 Å². The molecule has 0 heterocycles. The van der Waals surface area contributed by atoms with Crippen molar-refractivity contribution in [3.8, 4) is 0 Å². The Morgan fingerprint density at radius 1 is 0.286 bits per heavy atom. The van der Waals surface area contributed by atoms with Crippen molar-refractivity contribution >= 4 is 74.3 Å². The van der Waals surface area contributed by atoms with Crippen LogP contribution in [0.5, 0.6) is 0 Å². The minimum atomic E-state index is -2.17. The molecule has 0 aliphatic heterocycles. The molecule has 12 heteroatoms. The van der Waals surface area contributed by atoms with Crippen LogP contribution in [0.1, 0.15) is 41.4 Å². The number of rotatable bonds is 4. The summed E-state index contributed by atoms with van der Waals surface area (Å²) in [6.45, 7) is 0. The molecular weight excluding hydrogens is 715 g/mol. The molecule has 0 aliphatic rings. The molecule has 0 saturated carbocycles. The van der Waals surface area contributed by atoms with Gasteiger partial charge in [0.05, 0.1) is 22.3 Å². The lowest BCUT2D eigenvalue weighted by Gasteiger charge is -2.00. The molecule has 0 aromatic heterocycles. The molecule has 0 fully saturated rings. The van der Waals surface area contributed by atoms with Gasteiger partial charge in [0, 0.05) is 0 Å². The number of aromatic carboxylic acids is 4. The quantitative estimate of drug-likeness (QED) is 0.0855. The second-order valence-corrected chi connectivity index (χ2v) is 11.7. The lowest BCUT2D eigenvalue weighted by molar-refractivity contribution is 0.0688. The fourth-order valence-electron chi connectivity index (χ4n) is 5.65. The summed E-state index contributed by atoms with van der Waals surface area (Å²) in [5.74, 6) is -3.51. The van der Waals surface area contributed by atoms with Gasteiger partial charge in [-0.3, -0.25) is 0 Å². The summed E-state index contributed by atoms with van der Waals surface area (Å²) in [5.41, 5.74) is 1.44. The monoisotopic (exact) mass is 750 g/mol. The first-order valence-corrected chi connectivity index (χ1v) is 16.8. The Kier molecular flexibility index (Phi) is 14.9. The Balaban J connectivity index is 0.000000160. The molecule has 280 valence electrons. The zero-order valence-corrected chi connectivity index (χ0v) is 29.5. The molecule has 0 amide bonds. The summed E-state index contributed by atoms with van der Waals surface area (Å²) in [7, 11) is -2.17. The molecule has 0 unspecified atom stereocenters. The van der Waals surface area contributed by atoms with Crippen molar-refractivity contribution in [3.63, 3.8) is 0 Å². The van der Waals surface area contributed by atoms with Crippen molar-refractivity contribution in [3.05, 3.63) is 192 Å². The average molecular weight is 751 g/mol. The number of benzene rings is 8. The molecule has 7 N–H and O–H groups in total. The van der Waals surface area contributed by atoms with Gasteiger partial charge < -0.3 is 35.5 Å². The second kappa shape index (κ2) is 20.2. The van der Waals surface area contributed by atoms with Crippen LogP contribution in [0.2, 0.25) is 0 Å². The third-order valence-electron chi connectivity index (χ3n) is 8.08. The lowest BCUT2D eigenvalue weighted by atomic mass is 10.1. The minimum Gasteiger partial charge on any atom is -0.478 e. The van der Waals surface area contributed by atoms with E-state index in [1.54, 1.807) is 48.5 Å². The summed E-state index contributed by atoms with van der Waals surface area (Å²) < 4.78 is 0. The van der Waals surface area contributed by atoms with Gasteiger partial charge in [0.2, 0.25) is 0 Å². The highest BCUT2D eigenvalue weighted by atomic mass is 16.5. The Hall–Kier alpha value is -7.38. The maximum absolute atomic E-state index is 10.8. The predicted molar refractivity (Wildman–Crippen MR) is 216 cm³/mol. The molecule has 8 rings (SSSR count). The van der Waals surface area contributed by atoms with Gasteiger partial charge in [-0.05, 0) is 67.4 Å². The molecule has 0 saturated heterocycles. The molecule has 0 bridgehead atoms. The van der Waals surface area contributed by atoms with Gasteiger partial charge in [-0.1, -0.05) is 146 Å². The third kappa shape index (κ3) is 11.3. The molecule has 8 aromatic rings. The smallest absolute Gasteiger partial charge is 0.478 e. The van der Waals surface area contributed by atoms with Gasteiger partial charge in [-0.25, -0.2) is 19.2 Å². The second-order valence-electron chi connectivity index (χ2n) is 11.7. The Morgan fingerprint density at radius 3 is 0.625 bits per heavy atom. The molecule has 11 nitrogen and oxygen atoms in total. The Morgan fingerprint density at radius 2 is 0.446 bits per heavy atom. The third-order valence-corrected chi connectivity index (χ3v) is 8.08. The number of hydrogen-bond acceptors (Lipinski definition) is 7. The fourth-order valence-corrected chi connectivity index (χ4v) is 5.65. The number of carboxylic acid groups (broad SMARTS) is 4. The van der Waals surface area contributed by atoms with Gasteiger partial charge in [0.15, 0.2) is 0 Å². The maximum Gasteiger partial charge on any atom is 0.631 e. The lowest BCUT2D eigenvalue weighted by Crippen LogP contribution is -2.07. The number of hydrogen-bond donors (Lipinski definition) is 7. The topological polar surface area (TPSA) is 210 Å². The van der Waals surface area contributed by atoms with Gasteiger partial charge in [0.25, 0.3) is 0 Å². The number of carbonyl (C=O) groups is 4. The van der Waals surface area contributed by atoms with Crippen LogP contribution in [-0.2, 0) is 0 Å². The average Bonchev–Trinajstić information content (AvgIpc) is 3.20. The van der Waals surface area contributed by atoms with Crippen molar-refractivity contribution in [2.75, 3.05) is 0 Å². The van der Waals surface area contributed by atoms with E-state index in [0.717, 1.165) is 43.1 Å². The van der Waals surface area contributed by atoms with Crippen molar-refractivity contribution in [1.29, 1.82) is 0 Å². The van der Waals surface area contributed by atoms with Gasteiger partial charge >= 0.3 is 31.2 Å². The first kappa shape index (κ1) is 41.4. The van der Waals surface area contributed by atoms with Crippen LogP contribution in [0.3, 0.4) is 0 Å². The van der Waals surface area contributed by atoms with Crippen LogP contribution in [-0.4, -0.2) is 66.7 Å². The molecular formula is C44H35BO11. The minimum absolute atomic E-state index is 0.359. The van der Waals surface area contributed by atoms with Gasteiger partial charge in [-0.15, -0.1) is 0 Å². The van der Waals surface area contributed by atoms with Gasteiger partial charge in [0.1, 0.15) is 0 Å². The zero-order valence-electron chi connectivity index (χ0n) is 29.5. The van der Waals surface area contributed by atoms with Crippen LogP contribution >= 0.6 is 0 Å². The SMILES string of the molecule is O=C(O)c1cccc2ccccc12.O=C(O)c1cccc2ccccc12.O=C(O)c1cccc2ccccc12.O=C(O)c1cccc2ccccc12.OB(O)O. The highest BCUT2D eigenvalue weighted by molar-refractivity contribution is 6.30. The first-order chi connectivity index (χ1) is 26.9.